The Labute approximate surface area is 169 Å². The molecular formula is C22H23N3O4. The van der Waals surface area contributed by atoms with Gasteiger partial charge in [-0.1, -0.05) is 18.2 Å². The van der Waals surface area contributed by atoms with Gasteiger partial charge in [0.15, 0.2) is 0 Å². The summed E-state index contributed by atoms with van der Waals surface area (Å²) < 4.78 is 5.29. The topological polar surface area (TPSA) is 87.7 Å². The maximum atomic E-state index is 12.3. The smallest absolute Gasteiger partial charge is 0.313 e. The van der Waals surface area contributed by atoms with Gasteiger partial charge in [-0.05, 0) is 54.2 Å². The Bertz CT molecular complexity index is 986. The molecule has 0 aromatic heterocycles. The summed E-state index contributed by atoms with van der Waals surface area (Å²) in [6, 6.07) is 11.2. The Morgan fingerprint density at radius 3 is 2.76 bits per heavy atom. The highest BCUT2D eigenvalue weighted by molar-refractivity contribution is 6.39. The zero-order valence-corrected chi connectivity index (χ0v) is 16.3. The average molecular weight is 393 g/mol. The molecular weight excluding hydrogens is 370 g/mol. The van der Waals surface area contributed by atoms with Crippen molar-refractivity contribution in [3.63, 3.8) is 0 Å². The molecule has 2 aliphatic rings. The van der Waals surface area contributed by atoms with E-state index in [4.69, 9.17) is 4.74 Å². The second-order valence-electron chi connectivity index (χ2n) is 7.24. The standard InChI is InChI=1S/C22H23N3O4/c1-29-18-7-3-2-5-14(18)8-9-23-21(27)22(28)24-17-11-15-6-4-10-25-19(26)13-16(12-17)20(15)25/h2-3,5,7,11-12H,4,6,8-10,13H2,1H3,(H,23,27)(H,24,28). The quantitative estimate of drug-likeness (QED) is 0.759. The fourth-order valence-electron chi connectivity index (χ4n) is 4.04. The van der Waals surface area contributed by atoms with Gasteiger partial charge in [0, 0.05) is 18.8 Å². The summed E-state index contributed by atoms with van der Waals surface area (Å²) in [4.78, 5) is 38.4. The zero-order valence-electron chi connectivity index (χ0n) is 16.3. The van der Waals surface area contributed by atoms with Crippen LogP contribution in [-0.2, 0) is 33.6 Å². The number of methoxy groups -OCH3 is 1. The van der Waals surface area contributed by atoms with Crippen LogP contribution in [0.15, 0.2) is 36.4 Å². The minimum Gasteiger partial charge on any atom is -0.496 e. The normalized spacial score (nSPS) is 14.4. The first-order valence-electron chi connectivity index (χ1n) is 9.74. The molecule has 0 fully saturated rings. The maximum absolute atomic E-state index is 12.3. The van der Waals surface area contributed by atoms with Crippen molar-refractivity contribution < 1.29 is 19.1 Å². The number of ether oxygens (including phenoxy) is 1. The van der Waals surface area contributed by atoms with Crippen LogP contribution in [0.1, 0.15) is 23.1 Å². The number of carbonyl (C=O) groups excluding carboxylic acids is 3. The molecule has 0 unspecified atom stereocenters. The lowest BCUT2D eigenvalue weighted by Crippen LogP contribution is -2.36. The van der Waals surface area contributed by atoms with Crippen molar-refractivity contribution in [1.29, 1.82) is 0 Å². The van der Waals surface area contributed by atoms with E-state index in [1.807, 2.05) is 35.2 Å². The third kappa shape index (κ3) is 3.81. The van der Waals surface area contributed by atoms with Crippen LogP contribution in [0.25, 0.3) is 0 Å². The first kappa shape index (κ1) is 19.0. The molecule has 0 spiro atoms. The lowest BCUT2D eigenvalue weighted by Gasteiger charge is -2.26. The molecule has 0 aliphatic carbocycles. The molecule has 0 atom stereocenters. The molecule has 3 amide bonds. The Morgan fingerprint density at radius 2 is 1.93 bits per heavy atom. The van der Waals surface area contributed by atoms with Crippen LogP contribution in [0.2, 0.25) is 0 Å². The molecule has 0 bridgehead atoms. The highest BCUT2D eigenvalue weighted by Gasteiger charge is 2.32. The van der Waals surface area contributed by atoms with E-state index < -0.39 is 11.8 Å². The van der Waals surface area contributed by atoms with Gasteiger partial charge >= 0.3 is 11.8 Å². The molecule has 0 saturated heterocycles. The van der Waals surface area contributed by atoms with E-state index in [9.17, 15) is 14.4 Å². The Balaban J connectivity index is 1.37. The number of hydrogen-bond acceptors (Lipinski definition) is 4. The van der Waals surface area contributed by atoms with E-state index in [2.05, 4.69) is 10.6 Å². The summed E-state index contributed by atoms with van der Waals surface area (Å²) in [5.41, 5.74) is 4.47. The van der Waals surface area contributed by atoms with Gasteiger partial charge < -0.3 is 20.3 Å². The van der Waals surface area contributed by atoms with Gasteiger partial charge in [-0.3, -0.25) is 14.4 Å². The lowest BCUT2D eigenvalue weighted by molar-refractivity contribution is -0.136. The molecule has 7 nitrogen and oxygen atoms in total. The van der Waals surface area contributed by atoms with E-state index in [0.29, 0.717) is 25.1 Å². The largest absolute Gasteiger partial charge is 0.496 e. The highest BCUT2D eigenvalue weighted by Crippen LogP contribution is 2.38. The number of benzene rings is 2. The molecule has 0 saturated carbocycles. The fourth-order valence-corrected chi connectivity index (χ4v) is 4.04. The number of anilines is 2. The van der Waals surface area contributed by atoms with Crippen molar-refractivity contribution in [3.8, 4) is 5.75 Å². The fraction of sp³-hybridized carbons (Fsp3) is 0.318. The molecule has 150 valence electrons. The van der Waals surface area contributed by atoms with Gasteiger partial charge in [0.25, 0.3) is 0 Å². The maximum Gasteiger partial charge on any atom is 0.313 e. The monoisotopic (exact) mass is 393 g/mol. The number of carbonyl (C=O) groups is 3. The highest BCUT2D eigenvalue weighted by atomic mass is 16.5. The van der Waals surface area contributed by atoms with Crippen LogP contribution in [0.5, 0.6) is 5.75 Å². The number of para-hydroxylation sites is 1. The predicted molar refractivity (Wildman–Crippen MR) is 109 cm³/mol. The molecule has 29 heavy (non-hydrogen) atoms. The third-order valence-electron chi connectivity index (χ3n) is 5.34. The van der Waals surface area contributed by atoms with Gasteiger partial charge in [-0.15, -0.1) is 0 Å². The van der Waals surface area contributed by atoms with E-state index in [-0.39, 0.29) is 5.91 Å². The second kappa shape index (κ2) is 7.95. The molecule has 0 radical (unpaired) electrons. The van der Waals surface area contributed by atoms with Crippen molar-refractivity contribution in [3.05, 3.63) is 53.1 Å². The van der Waals surface area contributed by atoms with Crippen LogP contribution in [-0.4, -0.2) is 37.9 Å². The molecule has 2 aliphatic heterocycles. The summed E-state index contributed by atoms with van der Waals surface area (Å²) in [6.07, 6.45) is 2.67. The summed E-state index contributed by atoms with van der Waals surface area (Å²) in [5.74, 6) is -0.554. The van der Waals surface area contributed by atoms with Crippen molar-refractivity contribution in [2.24, 2.45) is 0 Å². The summed E-state index contributed by atoms with van der Waals surface area (Å²) in [7, 11) is 1.60. The van der Waals surface area contributed by atoms with Crippen LogP contribution in [0.4, 0.5) is 11.4 Å². The van der Waals surface area contributed by atoms with Crippen LogP contribution >= 0.6 is 0 Å². The van der Waals surface area contributed by atoms with Crippen LogP contribution < -0.4 is 20.3 Å². The molecule has 2 heterocycles. The van der Waals surface area contributed by atoms with Crippen molar-refractivity contribution in [2.45, 2.75) is 25.7 Å². The number of aryl methyl sites for hydroxylation is 1. The van der Waals surface area contributed by atoms with E-state index in [1.54, 1.807) is 13.2 Å². The van der Waals surface area contributed by atoms with Gasteiger partial charge in [-0.25, -0.2) is 0 Å². The second-order valence-corrected chi connectivity index (χ2v) is 7.24. The lowest BCUT2D eigenvalue weighted by atomic mass is 9.99. The van der Waals surface area contributed by atoms with Crippen molar-refractivity contribution >= 4 is 29.1 Å². The molecule has 4 rings (SSSR count). The van der Waals surface area contributed by atoms with E-state index in [0.717, 1.165) is 47.5 Å². The molecule has 7 heteroatoms. The van der Waals surface area contributed by atoms with Crippen molar-refractivity contribution in [2.75, 3.05) is 30.4 Å². The first-order chi connectivity index (χ1) is 14.1. The number of rotatable bonds is 5. The van der Waals surface area contributed by atoms with Gasteiger partial charge in [0.05, 0.1) is 19.2 Å². The Hall–Kier alpha value is -3.35. The minimum atomic E-state index is -0.714. The molecule has 2 aromatic carbocycles. The van der Waals surface area contributed by atoms with Crippen LogP contribution in [0, 0.1) is 0 Å². The SMILES string of the molecule is COc1ccccc1CCNC(=O)C(=O)Nc1cc2c3c(c1)CC(=O)N3CCC2. The summed E-state index contributed by atoms with van der Waals surface area (Å²) in [6.45, 7) is 1.07. The number of nitrogens with one attached hydrogen (secondary N) is 2. The van der Waals surface area contributed by atoms with Crippen molar-refractivity contribution in [1.82, 2.24) is 5.32 Å². The zero-order chi connectivity index (χ0) is 20.4. The Kier molecular flexibility index (Phi) is 5.20. The average Bonchev–Trinajstić information content (AvgIpc) is 3.05. The van der Waals surface area contributed by atoms with Crippen LogP contribution in [0.3, 0.4) is 0 Å². The number of amides is 3. The summed E-state index contributed by atoms with van der Waals surface area (Å²) in [5, 5.41) is 5.31. The number of hydrogen-bond donors (Lipinski definition) is 2. The predicted octanol–water partition coefficient (Wildman–Crippen LogP) is 1.83. The first-order valence-corrected chi connectivity index (χ1v) is 9.74. The van der Waals surface area contributed by atoms with Gasteiger partial charge in [-0.2, -0.15) is 0 Å². The minimum absolute atomic E-state index is 0.0958. The molecule has 2 N–H and O–H groups in total. The van der Waals surface area contributed by atoms with E-state index >= 15 is 0 Å². The third-order valence-corrected chi connectivity index (χ3v) is 5.34. The molecule has 2 aromatic rings. The van der Waals surface area contributed by atoms with E-state index in [1.165, 1.54) is 0 Å². The Morgan fingerprint density at radius 1 is 1.14 bits per heavy atom. The summed E-state index contributed by atoms with van der Waals surface area (Å²) >= 11 is 0. The van der Waals surface area contributed by atoms with Gasteiger partial charge in [0.2, 0.25) is 5.91 Å². The number of nitrogens with zero attached hydrogens (tertiary/aromatic N) is 1. The van der Waals surface area contributed by atoms with Gasteiger partial charge in [0.1, 0.15) is 5.75 Å².